The smallest absolute Gasteiger partial charge is 0.410 e. The van der Waals surface area contributed by atoms with Gasteiger partial charge in [0.2, 0.25) is 5.91 Å². The summed E-state index contributed by atoms with van der Waals surface area (Å²) in [5, 5.41) is 13.2. The maximum Gasteiger partial charge on any atom is 0.410 e. The first-order valence-electron chi connectivity index (χ1n) is 41.8. The Labute approximate surface area is 650 Å². The number of piperidine rings is 4. The molecule has 5 saturated heterocycles. The van der Waals surface area contributed by atoms with Gasteiger partial charge >= 0.3 is 24.2 Å². The standard InChI is InChI=1S/C24H34N2O3.C23H35N3O.C22H35N3O.C21H33N3O.4H2/c1-23(2,3)29-22(28)26-14-12-24(13-15-26)16-20(18-10-6-7-11-19(18)24)25-21(27)17-8-4-5-9-17;1-18(2)9-14-25-15-10-23(11-16-25)17-21(19-7-3-4-8-20(19)23)24-22(27)26-12-5-6-13-26;1-21(2,3)10-13-25-14-11-22(12-15-25)16-19(23-20(26)24(4)5)17-8-6-7-9-18(17)22;1-16(2)9-12-24-13-10-21(11-14-24)15-19(22-20(25)23(3)4)17-7-5-6-8-18(17)21;;;;/h6-7,10-11,17,20H,4-5,8-9,12-16H2,1-3H3,(H,25,27);3-4,7-8,18,21H,5-6,9-17H2,1-2H3,(H,24,27);6-9,19H,10-16H2,1-5H3,(H,23,26);5-8,16,19H,9-15H2,1-4H3,(H,22,25);4*1H/t20-;21-;2*19-;;;;/m0000..../s1. The molecule has 0 aromatic heterocycles. The highest BCUT2D eigenvalue weighted by Gasteiger charge is 2.51. The Morgan fingerprint density at radius 2 is 0.766 bits per heavy atom. The van der Waals surface area contributed by atoms with Gasteiger partial charge in [-0.25, -0.2) is 19.2 Å². The summed E-state index contributed by atoms with van der Waals surface area (Å²) < 4.78 is 5.56. The zero-order chi connectivity index (χ0) is 76.5. The lowest BCUT2D eigenvalue weighted by molar-refractivity contribution is -0.125. The zero-order valence-electron chi connectivity index (χ0n) is 68.4. The minimum Gasteiger partial charge on any atom is -0.444 e. The van der Waals surface area contributed by atoms with Gasteiger partial charge in [-0.05, 0) is 263 Å². The van der Waals surface area contributed by atoms with Crippen molar-refractivity contribution >= 4 is 30.1 Å². The van der Waals surface area contributed by atoms with Gasteiger partial charge in [-0.15, -0.1) is 0 Å². The maximum atomic E-state index is 12.8. The molecule has 5 aliphatic heterocycles. The van der Waals surface area contributed by atoms with E-state index in [9.17, 15) is 24.0 Å². The first-order valence-corrected chi connectivity index (χ1v) is 41.8. The highest BCUT2D eigenvalue weighted by atomic mass is 16.6. The normalized spacial score (nSPS) is 23.3. The van der Waals surface area contributed by atoms with Crippen LogP contribution in [0.4, 0.5) is 19.2 Å². The first-order chi connectivity index (χ1) is 51.0. The average Bonchev–Trinajstić information content (AvgIpc) is 1.62. The van der Waals surface area contributed by atoms with E-state index >= 15 is 0 Å². The van der Waals surface area contributed by atoms with Crippen LogP contribution in [-0.2, 0) is 31.2 Å². The van der Waals surface area contributed by atoms with Crippen molar-refractivity contribution in [3.63, 3.8) is 0 Å². The Balaban J connectivity index is 0.000000203. The van der Waals surface area contributed by atoms with Crippen LogP contribution in [0.3, 0.4) is 0 Å². The number of nitrogens with one attached hydrogen (secondary N) is 4. The van der Waals surface area contributed by atoms with Crippen molar-refractivity contribution < 1.29 is 34.4 Å². The number of fused-ring (bicyclic) bond motifs is 8. The molecule has 4 aromatic rings. The Bertz CT molecular complexity index is 3630. The molecule has 0 unspecified atom stereocenters. The minimum absolute atomic E-state index is 0. The van der Waals surface area contributed by atoms with Crippen LogP contribution in [0, 0.1) is 23.2 Å². The molecule has 8 amide bonds. The highest BCUT2D eigenvalue weighted by Crippen LogP contribution is 2.55. The molecule has 0 radical (unpaired) electrons. The summed E-state index contributed by atoms with van der Waals surface area (Å²) in [6.45, 7) is 35.8. The molecule has 4 N–H and O–H groups in total. The summed E-state index contributed by atoms with van der Waals surface area (Å²) in [4.78, 5) is 77.3. The van der Waals surface area contributed by atoms with E-state index in [1.165, 1.54) is 174 Å². The largest absolute Gasteiger partial charge is 0.444 e. The van der Waals surface area contributed by atoms with Crippen LogP contribution >= 0.6 is 0 Å². The summed E-state index contributed by atoms with van der Waals surface area (Å²) in [5.41, 5.74) is 11.8. The fraction of sp³-hybridized carbons (Fsp3) is 0.678. The molecule has 596 valence electrons. The summed E-state index contributed by atoms with van der Waals surface area (Å²) >= 11 is 0. The van der Waals surface area contributed by atoms with Gasteiger partial charge in [0.1, 0.15) is 5.60 Å². The minimum atomic E-state index is -0.470. The molecular weight excluding hydrogens is 1330 g/mol. The van der Waals surface area contributed by atoms with Gasteiger partial charge in [-0.1, -0.05) is 158 Å². The number of rotatable bonds is 13. The summed E-state index contributed by atoms with van der Waals surface area (Å²) in [5.74, 6) is 1.96. The molecule has 1 saturated carbocycles. The van der Waals surface area contributed by atoms with E-state index in [1.54, 1.807) is 38.0 Å². The number of carbonyl (C=O) groups excluding carboxylic acids is 5. The number of carbonyl (C=O) groups is 5. The lowest BCUT2D eigenvalue weighted by Crippen LogP contribution is -2.46. The molecule has 107 heavy (non-hydrogen) atoms. The van der Waals surface area contributed by atoms with Gasteiger partial charge in [0.25, 0.3) is 0 Å². The van der Waals surface area contributed by atoms with Crippen LogP contribution in [0.15, 0.2) is 97.1 Å². The number of benzene rings is 4. The lowest BCUT2D eigenvalue weighted by Gasteiger charge is -2.41. The highest BCUT2D eigenvalue weighted by molar-refractivity contribution is 5.80. The van der Waals surface area contributed by atoms with Crippen LogP contribution in [0.5, 0.6) is 0 Å². The Morgan fingerprint density at radius 3 is 1.10 bits per heavy atom. The lowest BCUT2D eigenvalue weighted by atomic mass is 9.73. The SMILES string of the molecule is CC(C)(C)OC(=O)N1CCC2(CC1)C[C@H](NC(=O)C1CCCC1)c1ccccc12.CC(C)CCN1CCC2(CC1)C[C@H](NC(=O)N(C)C)c1ccccc12.CC(C)CCN1CCC2(CC1)C[C@H](NC(=O)N1CCCC1)c1ccccc12.CN(C)C(=O)N[C@H]1CC2(CCN(CCC(C)(C)C)CC2)c2ccccc21.[HH].[HH].[HH].[HH]. The van der Waals surface area contributed by atoms with Gasteiger partial charge < -0.3 is 60.3 Å². The molecule has 6 fully saturated rings. The molecule has 17 nitrogen and oxygen atoms in total. The fourth-order valence-electron chi connectivity index (χ4n) is 19.6. The van der Waals surface area contributed by atoms with Crippen molar-refractivity contribution in [3.8, 4) is 0 Å². The van der Waals surface area contributed by atoms with Crippen LogP contribution in [0.1, 0.15) is 278 Å². The fourth-order valence-corrected chi connectivity index (χ4v) is 19.6. The first kappa shape index (κ1) is 81.3. The Hall–Kier alpha value is -6.69. The predicted molar refractivity (Wildman–Crippen MR) is 441 cm³/mol. The van der Waals surface area contributed by atoms with E-state index in [0.29, 0.717) is 18.5 Å². The van der Waals surface area contributed by atoms with Crippen LogP contribution < -0.4 is 21.3 Å². The van der Waals surface area contributed by atoms with Gasteiger partial charge in [0, 0.05) is 87.7 Å². The average molecular weight is 1480 g/mol. The molecule has 5 heterocycles. The molecule has 14 rings (SSSR count). The topological polar surface area (TPSA) is 165 Å². The third kappa shape index (κ3) is 20.1. The van der Waals surface area contributed by atoms with Gasteiger partial charge in [-0.3, -0.25) is 4.79 Å². The molecular formula is C90H145N11O6. The number of likely N-dealkylation sites (tertiary alicyclic amines) is 5. The number of nitrogens with zero attached hydrogens (tertiary/aromatic N) is 7. The molecule has 4 aromatic carbocycles. The van der Waals surface area contributed by atoms with Crippen molar-refractivity contribution in [1.82, 2.24) is 55.6 Å². The summed E-state index contributed by atoms with van der Waals surface area (Å²) in [7, 11) is 7.22. The van der Waals surface area contributed by atoms with E-state index in [0.717, 1.165) is 89.1 Å². The van der Waals surface area contributed by atoms with Crippen LogP contribution in [0.2, 0.25) is 0 Å². The molecule has 4 spiro atoms. The number of urea groups is 3. The van der Waals surface area contributed by atoms with E-state index in [2.05, 4.69) is 181 Å². The maximum absolute atomic E-state index is 12.8. The van der Waals surface area contributed by atoms with Crippen molar-refractivity contribution in [2.24, 2.45) is 23.2 Å². The van der Waals surface area contributed by atoms with Crippen molar-refractivity contribution in [3.05, 3.63) is 142 Å². The Morgan fingerprint density at radius 1 is 0.439 bits per heavy atom. The van der Waals surface area contributed by atoms with E-state index in [-0.39, 0.29) is 87.5 Å². The molecule has 0 bridgehead atoms. The Kier molecular flexibility index (Phi) is 26.7. The third-order valence-electron chi connectivity index (χ3n) is 26.2. The number of amides is 8. The monoisotopic (exact) mass is 1480 g/mol. The molecule has 5 aliphatic carbocycles. The summed E-state index contributed by atoms with van der Waals surface area (Å²) in [6.07, 6.45) is 23.5. The second-order valence-electron chi connectivity index (χ2n) is 37.5. The number of ether oxygens (including phenoxy) is 1. The number of hydrogen-bond acceptors (Lipinski definition) is 9. The molecule has 17 heteroatoms. The molecule has 10 aliphatic rings. The van der Waals surface area contributed by atoms with Crippen molar-refractivity contribution in [1.29, 1.82) is 0 Å². The molecule has 4 atom stereocenters. The second-order valence-corrected chi connectivity index (χ2v) is 37.5. The summed E-state index contributed by atoms with van der Waals surface area (Å²) in [6, 6.07) is 35.6. The predicted octanol–water partition coefficient (Wildman–Crippen LogP) is 18.0. The van der Waals surface area contributed by atoms with Crippen molar-refractivity contribution in [2.45, 2.75) is 256 Å². The van der Waals surface area contributed by atoms with Crippen LogP contribution in [-0.4, -0.2) is 183 Å². The van der Waals surface area contributed by atoms with Gasteiger partial charge in [-0.2, -0.15) is 0 Å². The van der Waals surface area contributed by atoms with Crippen LogP contribution in [0.25, 0.3) is 0 Å². The van der Waals surface area contributed by atoms with E-state index < -0.39 is 5.60 Å². The van der Waals surface area contributed by atoms with E-state index in [1.807, 2.05) is 30.6 Å². The quantitative estimate of drug-likeness (QED) is 0.102. The third-order valence-corrected chi connectivity index (χ3v) is 26.2. The van der Waals surface area contributed by atoms with Gasteiger partial charge in [0.05, 0.1) is 24.2 Å². The number of hydrogen-bond donors (Lipinski definition) is 4. The zero-order valence-corrected chi connectivity index (χ0v) is 68.4. The second kappa shape index (κ2) is 35.1. The van der Waals surface area contributed by atoms with Gasteiger partial charge in [0.15, 0.2) is 0 Å². The van der Waals surface area contributed by atoms with E-state index in [4.69, 9.17) is 4.74 Å². The van der Waals surface area contributed by atoms with Crippen molar-refractivity contribution in [2.75, 3.05) is 113 Å².